The molecule has 1 atom stereocenters. The lowest BCUT2D eigenvalue weighted by Gasteiger charge is -2.28. The Kier molecular flexibility index (Phi) is 8.09. The lowest BCUT2D eigenvalue weighted by atomic mass is 10.2. The normalized spacial score (nSPS) is 16.0. The van der Waals surface area contributed by atoms with E-state index in [-0.39, 0.29) is 28.7 Å². The number of anilines is 2. The quantitative estimate of drug-likeness (QED) is 0.553. The van der Waals surface area contributed by atoms with Crippen molar-refractivity contribution < 1.29 is 31.1 Å². The number of carbonyl (C=O) groups is 1. The van der Waals surface area contributed by atoms with Crippen LogP contribution in [0, 0.1) is 0 Å². The zero-order chi connectivity index (χ0) is 25.1. The smallest absolute Gasteiger partial charge is 0.247 e. The van der Waals surface area contributed by atoms with Crippen LogP contribution >= 0.6 is 11.6 Å². The highest BCUT2D eigenvalue weighted by Gasteiger charge is 2.30. The summed E-state index contributed by atoms with van der Waals surface area (Å²) in [5, 5.41) is 2.82. The van der Waals surface area contributed by atoms with Crippen molar-refractivity contribution in [2.75, 3.05) is 49.3 Å². The molecule has 34 heavy (non-hydrogen) atoms. The van der Waals surface area contributed by atoms with E-state index in [9.17, 15) is 21.6 Å². The van der Waals surface area contributed by atoms with Gasteiger partial charge in [0.2, 0.25) is 26.0 Å². The Labute approximate surface area is 204 Å². The summed E-state index contributed by atoms with van der Waals surface area (Å²) in [5.41, 5.74) is 0.516. The van der Waals surface area contributed by atoms with Crippen LogP contribution < -0.4 is 14.4 Å². The number of benzene rings is 2. The second kappa shape index (κ2) is 10.5. The monoisotopic (exact) mass is 531 g/mol. The lowest BCUT2D eigenvalue weighted by Crippen LogP contribution is -2.45. The molecule has 1 unspecified atom stereocenters. The molecule has 2 aromatic carbocycles. The second-order valence-electron chi connectivity index (χ2n) is 7.58. The first-order valence-electron chi connectivity index (χ1n) is 10.3. The molecular weight excluding hydrogens is 506 g/mol. The fourth-order valence-corrected chi connectivity index (χ4v) is 6.32. The number of sulfonamides is 2. The standard InChI is InChI=1S/C21H26ClN3O7S2/c1-15(25(33(3,27)28)17-6-9-20(31-2)19(22)14-17)21(26)23-16-4-7-18(8-5-16)34(29,30)24-10-12-32-13-11-24/h4-9,14-15H,10-13H2,1-3H3,(H,23,26). The number of amides is 1. The van der Waals surface area contributed by atoms with Gasteiger partial charge in [-0.25, -0.2) is 16.8 Å². The SMILES string of the molecule is COc1ccc(N(C(C)C(=O)Nc2ccc(S(=O)(=O)N3CCOCC3)cc2)S(C)(=O)=O)cc1Cl. The minimum absolute atomic E-state index is 0.0890. The summed E-state index contributed by atoms with van der Waals surface area (Å²) < 4.78 is 63.1. The minimum atomic E-state index is -3.85. The summed E-state index contributed by atoms with van der Waals surface area (Å²) in [5.74, 6) is -0.246. The number of hydrogen-bond donors (Lipinski definition) is 1. The van der Waals surface area contributed by atoms with E-state index in [1.807, 2.05) is 0 Å². The maximum Gasteiger partial charge on any atom is 0.247 e. The molecule has 1 aliphatic rings. The van der Waals surface area contributed by atoms with Crippen LogP contribution in [0.15, 0.2) is 47.4 Å². The van der Waals surface area contributed by atoms with Crippen LogP contribution in [0.4, 0.5) is 11.4 Å². The van der Waals surface area contributed by atoms with E-state index in [1.165, 1.54) is 60.8 Å². The minimum Gasteiger partial charge on any atom is -0.495 e. The number of hydrogen-bond acceptors (Lipinski definition) is 7. The van der Waals surface area contributed by atoms with E-state index in [1.54, 1.807) is 0 Å². The molecule has 3 rings (SSSR count). The molecule has 13 heteroatoms. The molecule has 0 aromatic heterocycles. The summed E-state index contributed by atoms with van der Waals surface area (Å²) in [4.78, 5) is 13.0. The Hall–Kier alpha value is -2.38. The van der Waals surface area contributed by atoms with Gasteiger partial charge in [0.05, 0.1) is 42.2 Å². The topological polar surface area (TPSA) is 122 Å². The van der Waals surface area contributed by atoms with Crippen LogP contribution in [0.25, 0.3) is 0 Å². The van der Waals surface area contributed by atoms with E-state index in [2.05, 4.69) is 5.32 Å². The number of ether oxygens (including phenoxy) is 2. The van der Waals surface area contributed by atoms with Crippen molar-refractivity contribution in [3.63, 3.8) is 0 Å². The van der Waals surface area contributed by atoms with Gasteiger partial charge in [-0.3, -0.25) is 9.10 Å². The Balaban J connectivity index is 1.78. The number of morpholine rings is 1. The van der Waals surface area contributed by atoms with Crippen molar-refractivity contribution >= 4 is 48.9 Å². The van der Waals surface area contributed by atoms with Crippen LogP contribution in [0.2, 0.25) is 5.02 Å². The molecule has 0 bridgehead atoms. The zero-order valence-corrected chi connectivity index (χ0v) is 21.3. The molecule has 2 aromatic rings. The summed E-state index contributed by atoms with van der Waals surface area (Å²) in [7, 11) is -6.09. The fourth-order valence-electron chi connectivity index (χ4n) is 3.49. The maximum atomic E-state index is 12.9. The highest BCUT2D eigenvalue weighted by atomic mass is 35.5. The lowest BCUT2D eigenvalue weighted by molar-refractivity contribution is -0.116. The summed E-state index contributed by atoms with van der Waals surface area (Å²) in [6.45, 7) is 2.65. The van der Waals surface area contributed by atoms with Crippen LogP contribution in [0.5, 0.6) is 5.75 Å². The number of nitrogens with zero attached hydrogens (tertiary/aromatic N) is 2. The van der Waals surface area contributed by atoms with Crippen molar-refractivity contribution in [1.82, 2.24) is 4.31 Å². The molecule has 1 heterocycles. The van der Waals surface area contributed by atoms with Crippen molar-refractivity contribution in [3.8, 4) is 5.75 Å². The van der Waals surface area contributed by atoms with Gasteiger partial charge in [-0.15, -0.1) is 0 Å². The molecule has 0 spiro atoms. The highest BCUT2D eigenvalue weighted by Crippen LogP contribution is 2.31. The van der Waals surface area contributed by atoms with E-state index >= 15 is 0 Å². The average molecular weight is 532 g/mol. The van der Waals surface area contributed by atoms with E-state index in [0.29, 0.717) is 24.7 Å². The van der Waals surface area contributed by atoms with Gasteiger partial charge in [-0.2, -0.15) is 4.31 Å². The van der Waals surface area contributed by atoms with Gasteiger partial charge in [-0.05, 0) is 49.4 Å². The molecule has 186 valence electrons. The van der Waals surface area contributed by atoms with Crippen molar-refractivity contribution in [3.05, 3.63) is 47.5 Å². The third kappa shape index (κ3) is 5.81. The number of carbonyl (C=O) groups excluding carboxylic acids is 1. The Bertz CT molecular complexity index is 1250. The Morgan fingerprint density at radius 3 is 2.26 bits per heavy atom. The Morgan fingerprint density at radius 1 is 1.12 bits per heavy atom. The molecule has 0 aliphatic carbocycles. The van der Waals surface area contributed by atoms with Gasteiger partial charge in [0.15, 0.2) is 0 Å². The molecule has 1 N–H and O–H groups in total. The van der Waals surface area contributed by atoms with Crippen LogP contribution in [-0.4, -0.2) is 72.8 Å². The third-order valence-electron chi connectivity index (χ3n) is 5.21. The number of methoxy groups -OCH3 is 1. The second-order valence-corrected chi connectivity index (χ2v) is 11.8. The van der Waals surface area contributed by atoms with Crippen LogP contribution in [0.1, 0.15) is 6.92 Å². The molecule has 1 saturated heterocycles. The third-order valence-corrected chi connectivity index (χ3v) is 8.66. The van der Waals surface area contributed by atoms with Crippen molar-refractivity contribution in [2.24, 2.45) is 0 Å². The van der Waals surface area contributed by atoms with Crippen LogP contribution in [0.3, 0.4) is 0 Å². The first kappa shape index (κ1) is 26.2. The number of nitrogens with one attached hydrogen (secondary N) is 1. The van der Waals surface area contributed by atoms with Gasteiger partial charge >= 0.3 is 0 Å². The predicted molar refractivity (Wildman–Crippen MR) is 129 cm³/mol. The number of rotatable bonds is 8. The molecule has 1 aliphatic heterocycles. The largest absolute Gasteiger partial charge is 0.495 e. The molecule has 10 nitrogen and oxygen atoms in total. The van der Waals surface area contributed by atoms with E-state index in [0.717, 1.165) is 10.6 Å². The summed E-state index contributed by atoms with van der Waals surface area (Å²) >= 11 is 6.14. The summed E-state index contributed by atoms with van der Waals surface area (Å²) in [6, 6.07) is 8.95. The van der Waals surface area contributed by atoms with Gasteiger partial charge < -0.3 is 14.8 Å². The first-order valence-corrected chi connectivity index (χ1v) is 13.9. The predicted octanol–water partition coefficient (Wildman–Crippen LogP) is 2.16. The zero-order valence-electron chi connectivity index (χ0n) is 18.9. The fraction of sp³-hybridized carbons (Fsp3) is 0.381. The maximum absolute atomic E-state index is 12.9. The average Bonchev–Trinajstić information content (AvgIpc) is 2.79. The van der Waals surface area contributed by atoms with Crippen LogP contribution in [-0.2, 0) is 29.6 Å². The highest BCUT2D eigenvalue weighted by molar-refractivity contribution is 7.92. The Morgan fingerprint density at radius 2 is 1.74 bits per heavy atom. The molecular formula is C21H26ClN3O7S2. The van der Waals surface area contributed by atoms with Crippen molar-refractivity contribution in [1.29, 1.82) is 0 Å². The van der Waals surface area contributed by atoms with Gasteiger partial charge in [0.1, 0.15) is 11.8 Å². The number of halogens is 1. The van der Waals surface area contributed by atoms with Gasteiger partial charge in [0, 0.05) is 18.8 Å². The van der Waals surface area contributed by atoms with E-state index in [4.69, 9.17) is 21.1 Å². The molecule has 0 radical (unpaired) electrons. The van der Waals surface area contributed by atoms with Gasteiger partial charge in [0.25, 0.3) is 0 Å². The van der Waals surface area contributed by atoms with Gasteiger partial charge in [-0.1, -0.05) is 11.6 Å². The molecule has 0 saturated carbocycles. The summed E-state index contributed by atoms with van der Waals surface area (Å²) in [6.07, 6.45) is 0.986. The van der Waals surface area contributed by atoms with Crippen molar-refractivity contribution in [2.45, 2.75) is 17.9 Å². The first-order chi connectivity index (χ1) is 15.9. The van der Waals surface area contributed by atoms with E-state index < -0.39 is 32.0 Å². The molecule has 1 amide bonds. The molecule has 1 fully saturated rings.